The van der Waals surface area contributed by atoms with E-state index in [1.165, 1.54) is 82.8 Å². The van der Waals surface area contributed by atoms with Crippen LogP contribution in [-0.2, 0) is 5.41 Å². The number of anilines is 3. The van der Waals surface area contributed by atoms with E-state index < -0.39 is 0 Å². The van der Waals surface area contributed by atoms with Crippen LogP contribution >= 0.6 is 0 Å². The molecule has 58 heavy (non-hydrogen) atoms. The quantitative estimate of drug-likeness (QED) is 0.179. The SMILES string of the molecule is CC1(C)c2cccc3c2-c2c1ccc1c4ccccc4n(c21)-c1ccc(N(c2cccc(-c4cccc5ccccc45)c2)c2ccc4c(c2)oc2ccccc24)cc1-3. The van der Waals surface area contributed by atoms with Crippen molar-refractivity contribution in [3.8, 4) is 39.1 Å². The Balaban J connectivity index is 1.09. The predicted octanol–water partition coefficient (Wildman–Crippen LogP) is 15.3. The molecular weight excluding hydrogens is 705 g/mol. The molecule has 2 aromatic heterocycles. The molecule has 3 heterocycles. The first kappa shape index (κ1) is 31.8. The average molecular weight is 741 g/mol. The molecule has 0 radical (unpaired) electrons. The number of furan rings is 1. The van der Waals surface area contributed by atoms with E-state index in [1.54, 1.807) is 0 Å². The van der Waals surface area contributed by atoms with E-state index in [-0.39, 0.29) is 5.41 Å². The lowest BCUT2D eigenvalue weighted by Crippen LogP contribution is -2.15. The first-order valence-corrected chi connectivity index (χ1v) is 20.2. The molecule has 0 fully saturated rings. The lowest BCUT2D eigenvalue weighted by Gasteiger charge is -2.28. The van der Waals surface area contributed by atoms with Gasteiger partial charge in [-0.1, -0.05) is 135 Å². The fraction of sp³-hybridized carbons (Fsp3) is 0.0545. The molecule has 11 aromatic rings. The number of fused-ring (bicyclic) bond motifs is 10. The van der Waals surface area contributed by atoms with E-state index in [0.717, 1.165) is 39.0 Å². The maximum absolute atomic E-state index is 6.52. The van der Waals surface area contributed by atoms with Crippen molar-refractivity contribution in [2.75, 3.05) is 4.90 Å². The summed E-state index contributed by atoms with van der Waals surface area (Å²) in [7, 11) is 0. The Morgan fingerprint density at radius 1 is 0.448 bits per heavy atom. The van der Waals surface area contributed by atoms with E-state index in [2.05, 4.69) is 199 Å². The van der Waals surface area contributed by atoms with Crippen LogP contribution in [0.25, 0.3) is 93.6 Å². The summed E-state index contributed by atoms with van der Waals surface area (Å²) in [5, 5.41) is 7.31. The predicted molar refractivity (Wildman–Crippen MR) is 242 cm³/mol. The molecule has 0 unspecified atom stereocenters. The van der Waals surface area contributed by atoms with Gasteiger partial charge in [0.15, 0.2) is 0 Å². The maximum Gasteiger partial charge on any atom is 0.137 e. The minimum Gasteiger partial charge on any atom is -0.456 e. The second-order valence-corrected chi connectivity index (χ2v) is 16.5. The zero-order valence-electron chi connectivity index (χ0n) is 32.1. The molecule has 3 heteroatoms. The highest BCUT2D eigenvalue weighted by molar-refractivity contribution is 6.19. The minimum absolute atomic E-state index is 0.124. The molecule has 1 aliphatic carbocycles. The van der Waals surface area contributed by atoms with Gasteiger partial charge < -0.3 is 13.9 Å². The first-order valence-electron chi connectivity index (χ1n) is 20.2. The normalized spacial score (nSPS) is 13.5. The highest BCUT2D eigenvalue weighted by Crippen LogP contribution is 2.58. The summed E-state index contributed by atoms with van der Waals surface area (Å²) < 4.78 is 9.06. The molecule has 3 nitrogen and oxygen atoms in total. The molecule has 13 rings (SSSR count). The molecule has 272 valence electrons. The number of rotatable bonds is 4. The zero-order valence-corrected chi connectivity index (χ0v) is 32.1. The zero-order chi connectivity index (χ0) is 38.3. The van der Waals surface area contributed by atoms with Crippen molar-refractivity contribution in [3.05, 3.63) is 193 Å². The number of aromatic nitrogens is 1. The standard InChI is InChI=1S/C55H36N2O/c1-55(2)46-21-11-20-43-45-31-36(25-29-49(45)57-48-22-7-5-17-40(48)44-27-28-47(55)53(52(43)46)54(44)57)56(37-24-26-42-41-18-6-8-23-50(41)58-51(42)32-37)35-15-9-14-34(30-35)39-19-10-13-33-12-3-4-16-38(33)39/h3-32H,1-2H3. The smallest absolute Gasteiger partial charge is 0.137 e. The maximum atomic E-state index is 6.52. The Morgan fingerprint density at radius 2 is 1.12 bits per heavy atom. The summed E-state index contributed by atoms with van der Waals surface area (Å²) in [6.45, 7) is 4.77. The van der Waals surface area contributed by atoms with Crippen LogP contribution in [0.3, 0.4) is 0 Å². The molecule has 0 atom stereocenters. The van der Waals surface area contributed by atoms with Crippen molar-refractivity contribution in [1.29, 1.82) is 0 Å². The number of hydrogen-bond acceptors (Lipinski definition) is 2. The van der Waals surface area contributed by atoms with Gasteiger partial charge in [-0.05, 0) is 98.8 Å². The third-order valence-electron chi connectivity index (χ3n) is 13.1. The van der Waals surface area contributed by atoms with Crippen molar-refractivity contribution < 1.29 is 4.42 Å². The fourth-order valence-corrected chi connectivity index (χ4v) is 10.5. The van der Waals surface area contributed by atoms with Crippen LogP contribution in [0.1, 0.15) is 25.0 Å². The largest absolute Gasteiger partial charge is 0.456 e. The van der Waals surface area contributed by atoms with E-state index in [4.69, 9.17) is 4.42 Å². The Hall–Kier alpha value is -7.36. The second kappa shape index (κ2) is 11.4. The van der Waals surface area contributed by atoms with Gasteiger partial charge in [0.25, 0.3) is 0 Å². The Bertz CT molecular complexity index is 3560. The van der Waals surface area contributed by atoms with E-state index in [9.17, 15) is 0 Å². The van der Waals surface area contributed by atoms with Crippen molar-refractivity contribution in [2.24, 2.45) is 0 Å². The lowest BCUT2D eigenvalue weighted by atomic mass is 9.81. The lowest BCUT2D eigenvalue weighted by molar-refractivity contribution is 0.661. The van der Waals surface area contributed by atoms with Crippen molar-refractivity contribution in [2.45, 2.75) is 19.3 Å². The Morgan fingerprint density at radius 3 is 2.05 bits per heavy atom. The van der Waals surface area contributed by atoms with E-state index in [0.29, 0.717) is 0 Å². The van der Waals surface area contributed by atoms with Gasteiger partial charge in [-0.3, -0.25) is 0 Å². The molecule has 9 aromatic carbocycles. The van der Waals surface area contributed by atoms with Gasteiger partial charge in [-0.25, -0.2) is 0 Å². The Kier molecular flexibility index (Phi) is 6.23. The molecule has 0 bridgehead atoms. The highest BCUT2D eigenvalue weighted by atomic mass is 16.3. The van der Waals surface area contributed by atoms with Crippen molar-refractivity contribution in [3.63, 3.8) is 0 Å². The van der Waals surface area contributed by atoms with Gasteiger partial charge in [0.1, 0.15) is 11.2 Å². The van der Waals surface area contributed by atoms with Gasteiger partial charge in [0.2, 0.25) is 0 Å². The number of nitrogens with zero attached hydrogens (tertiary/aromatic N) is 2. The monoisotopic (exact) mass is 740 g/mol. The van der Waals surface area contributed by atoms with Gasteiger partial charge >= 0.3 is 0 Å². The number of para-hydroxylation sites is 2. The second-order valence-electron chi connectivity index (χ2n) is 16.5. The highest BCUT2D eigenvalue weighted by Gasteiger charge is 2.41. The topological polar surface area (TPSA) is 21.3 Å². The summed E-state index contributed by atoms with van der Waals surface area (Å²) in [6.07, 6.45) is 0. The molecule has 0 amide bonds. The fourth-order valence-electron chi connectivity index (χ4n) is 10.5. The van der Waals surface area contributed by atoms with Crippen molar-refractivity contribution >= 4 is 71.6 Å². The molecule has 0 saturated heterocycles. The van der Waals surface area contributed by atoms with E-state index in [1.807, 2.05) is 6.07 Å². The van der Waals surface area contributed by atoms with Crippen LogP contribution in [-0.4, -0.2) is 4.57 Å². The molecular formula is C55H36N2O. The van der Waals surface area contributed by atoms with Crippen LogP contribution < -0.4 is 4.90 Å². The summed E-state index contributed by atoms with van der Waals surface area (Å²) in [5.74, 6) is 0. The summed E-state index contributed by atoms with van der Waals surface area (Å²) in [5.41, 5.74) is 19.0. The summed E-state index contributed by atoms with van der Waals surface area (Å²) >= 11 is 0. The molecule has 0 spiro atoms. The van der Waals surface area contributed by atoms with Crippen LogP contribution in [0.15, 0.2) is 186 Å². The van der Waals surface area contributed by atoms with Crippen molar-refractivity contribution in [1.82, 2.24) is 4.57 Å². The third kappa shape index (κ3) is 4.17. The number of hydrogen-bond donors (Lipinski definition) is 0. The van der Waals surface area contributed by atoms with Gasteiger partial charge in [-0.2, -0.15) is 0 Å². The molecule has 2 aliphatic rings. The van der Waals surface area contributed by atoms with Gasteiger partial charge in [0.05, 0.1) is 16.7 Å². The van der Waals surface area contributed by atoms with Crippen LogP contribution in [0, 0.1) is 0 Å². The third-order valence-corrected chi connectivity index (χ3v) is 13.1. The van der Waals surface area contributed by atoms with Gasteiger partial charge in [-0.15, -0.1) is 0 Å². The molecule has 0 N–H and O–H groups in total. The Labute approximate surface area is 335 Å². The van der Waals surface area contributed by atoms with Gasteiger partial charge in [0, 0.05) is 61.2 Å². The van der Waals surface area contributed by atoms with Crippen LogP contribution in [0.2, 0.25) is 0 Å². The first-order chi connectivity index (χ1) is 28.5. The summed E-state index contributed by atoms with van der Waals surface area (Å²) in [6, 6.07) is 66.9. The minimum atomic E-state index is -0.124. The van der Waals surface area contributed by atoms with E-state index >= 15 is 0 Å². The number of benzene rings is 9. The van der Waals surface area contributed by atoms with Crippen LogP contribution in [0.4, 0.5) is 17.1 Å². The molecule has 0 saturated carbocycles. The average Bonchev–Trinajstić information content (AvgIpc) is 3.85. The van der Waals surface area contributed by atoms with Crippen LogP contribution in [0.5, 0.6) is 0 Å². The molecule has 1 aliphatic heterocycles. The summed E-state index contributed by atoms with van der Waals surface area (Å²) in [4.78, 5) is 2.40.